The molecule has 0 unspecified atom stereocenters. The number of nitrogens with two attached hydrogens (primary N) is 1. The van der Waals surface area contributed by atoms with Crippen molar-refractivity contribution in [1.82, 2.24) is 0 Å². The predicted molar refractivity (Wildman–Crippen MR) is 62.7 cm³/mol. The lowest BCUT2D eigenvalue weighted by molar-refractivity contribution is -0.700. The van der Waals surface area contributed by atoms with Gasteiger partial charge in [-0.3, -0.25) is 4.79 Å². The van der Waals surface area contributed by atoms with Crippen LogP contribution in [-0.4, -0.2) is 5.91 Å². The molecule has 0 spiro atoms. The van der Waals surface area contributed by atoms with Gasteiger partial charge in [-0.15, -0.1) is 0 Å². The molecular formula is C13H15N2O+. The second kappa shape index (κ2) is 4.31. The largest absolute Gasteiger partial charge is 0.369 e. The van der Waals surface area contributed by atoms with Gasteiger partial charge >= 0.3 is 0 Å². The molecule has 2 aromatic rings. The number of carbonyl (C=O) groups is 1. The second-order valence-corrected chi connectivity index (χ2v) is 3.90. The molecule has 2 N–H and O–H groups in total. The highest BCUT2D eigenvalue weighted by Crippen LogP contribution is 2.14. The summed E-state index contributed by atoms with van der Waals surface area (Å²) >= 11 is 0. The maximum Gasteiger partial charge on any atom is 0.223 e. The first-order valence-electron chi connectivity index (χ1n) is 5.34. The van der Waals surface area contributed by atoms with Gasteiger partial charge in [0.2, 0.25) is 5.91 Å². The highest BCUT2D eigenvalue weighted by atomic mass is 16.1. The van der Waals surface area contributed by atoms with E-state index < -0.39 is 0 Å². The fraction of sp³-hybridized carbons (Fsp3) is 0.231. The number of hydrogen-bond donors (Lipinski definition) is 1. The first kappa shape index (κ1) is 10.6. The van der Waals surface area contributed by atoms with E-state index in [-0.39, 0.29) is 5.91 Å². The maximum atomic E-state index is 10.8. The van der Waals surface area contributed by atoms with Gasteiger partial charge < -0.3 is 5.73 Å². The molecule has 0 aliphatic heterocycles. The lowest BCUT2D eigenvalue weighted by Gasteiger charge is -2.02. The molecule has 3 heteroatoms. The van der Waals surface area contributed by atoms with Crippen molar-refractivity contribution in [3.8, 4) is 0 Å². The van der Waals surface area contributed by atoms with Crippen LogP contribution < -0.4 is 10.3 Å². The van der Waals surface area contributed by atoms with E-state index in [1.54, 1.807) is 0 Å². The number of rotatable bonds is 3. The minimum atomic E-state index is -0.264. The topological polar surface area (TPSA) is 47.0 Å². The molecule has 0 aliphatic carbocycles. The zero-order valence-corrected chi connectivity index (χ0v) is 9.31. The van der Waals surface area contributed by atoms with Crippen molar-refractivity contribution in [2.75, 3.05) is 0 Å². The van der Waals surface area contributed by atoms with Crippen LogP contribution in [0.1, 0.15) is 12.1 Å². The van der Waals surface area contributed by atoms with Crippen LogP contribution in [0.15, 0.2) is 36.5 Å². The lowest BCUT2D eigenvalue weighted by Crippen LogP contribution is -2.38. The zero-order chi connectivity index (χ0) is 11.5. The number of aromatic nitrogens is 1. The van der Waals surface area contributed by atoms with E-state index in [9.17, 15) is 4.79 Å². The minimum absolute atomic E-state index is 0.264. The number of primary amides is 1. The Labute approximate surface area is 94.5 Å². The number of carbonyl (C=O) groups excluding carboxylic acids is 1. The van der Waals surface area contributed by atoms with Gasteiger partial charge in [-0.2, -0.15) is 0 Å². The number of nitrogens with zero attached hydrogens (tertiary/aromatic N) is 1. The normalized spacial score (nSPS) is 10.6. The lowest BCUT2D eigenvalue weighted by atomic mass is 10.1. The van der Waals surface area contributed by atoms with Crippen molar-refractivity contribution in [3.05, 3.63) is 42.2 Å². The van der Waals surface area contributed by atoms with E-state index in [4.69, 9.17) is 5.73 Å². The predicted octanol–water partition coefficient (Wildman–Crippen LogP) is 1.31. The standard InChI is InChI=1S/C13H14N2O/c1-10-12-5-3-2-4-11(12)6-8-15(10)9-7-13(14)16/h2-6,8H,7,9H2,1H3,(H-,14,16)/p+1. The summed E-state index contributed by atoms with van der Waals surface area (Å²) in [5.41, 5.74) is 6.32. The summed E-state index contributed by atoms with van der Waals surface area (Å²) in [4.78, 5) is 10.8. The fourth-order valence-electron chi connectivity index (χ4n) is 1.88. The van der Waals surface area contributed by atoms with Crippen molar-refractivity contribution in [3.63, 3.8) is 0 Å². The summed E-state index contributed by atoms with van der Waals surface area (Å²) in [7, 11) is 0. The molecule has 0 atom stereocenters. The molecule has 3 nitrogen and oxygen atoms in total. The average Bonchev–Trinajstić information content (AvgIpc) is 2.28. The van der Waals surface area contributed by atoms with Crippen molar-refractivity contribution >= 4 is 16.7 Å². The van der Waals surface area contributed by atoms with Crippen LogP contribution in [0, 0.1) is 6.92 Å². The first-order valence-corrected chi connectivity index (χ1v) is 5.34. The number of benzene rings is 1. The van der Waals surface area contributed by atoms with Crippen LogP contribution in [0.2, 0.25) is 0 Å². The molecule has 0 bridgehead atoms. The number of amides is 1. The molecular weight excluding hydrogens is 200 g/mol. The molecule has 0 saturated heterocycles. The van der Waals surface area contributed by atoms with Gasteiger partial charge in [-0.1, -0.05) is 18.2 Å². The third-order valence-corrected chi connectivity index (χ3v) is 2.81. The number of fused-ring (bicyclic) bond motifs is 1. The maximum absolute atomic E-state index is 10.8. The number of hydrogen-bond acceptors (Lipinski definition) is 1. The molecule has 82 valence electrons. The third kappa shape index (κ3) is 2.03. The molecule has 16 heavy (non-hydrogen) atoms. The highest BCUT2D eigenvalue weighted by Gasteiger charge is 2.10. The Morgan fingerprint density at radius 3 is 2.81 bits per heavy atom. The van der Waals surface area contributed by atoms with Crippen LogP contribution in [0.5, 0.6) is 0 Å². The molecule has 1 heterocycles. The van der Waals surface area contributed by atoms with E-state index in [1.807, 2.05) is 18.3 Å². The van der Waals surface area contributed by atoms with Crippen LogP contribution in [0.25, 0.3) is 10.8 Å². The van der Waals surface area contributed by atoms with Gasteiger partial charge in [0.05, 0.1) is 6.42 Å². The van der Waals surface area contributed by atoms with Crippen LogP contribution in [0.4, 0.5) is 0 Å². The number of pyridine rings is 1. The highest BCUT2D eigenvalue weighted by molar-refractivity contribution is 5.83. The van der Waals surface area contributed by atoms with Gasteiger partial charge in [0, 0.05) is 18.4 Å². The Balaban J connectivity index is 2.40. The number of aryl methyl sites for hydroxylation is 2. The molecule has 1 amide bonds. The SMILES string of the molecule is Cc1c2ccccc2cc[n+]1CCC(N)=O. The zero-order valence-electron chi connectivity index (χ0n) is 9.31. The van der Waals surface area contributed by atoms with Crippen LogP contribution >= 0.6 is 0 Å². The Bertz CT molecular complexity index is 534. The summed E-state index contributed by atoms with van der Waals surface area (Å²) in [6.45, 7) is 2.70. The Hall–Kier alpha value is -1.90. The first-order chi connectivity index (χ1) is 7.68. The monoisotopic (exact) mass is 215 g/mol. The molecule has 1 aromatic heterocycles. The van der Waals surface area contributed by atoms with E-state index in [1.165, 1.54) is 16.5 Å². The van der Waals surface area contributed by atoms with Gasteiger partial charge in [-0.25, -0.2) is 4.57 Å². The average molecular weight is 215 g/mol. The summed E-state index contributed by atoms with van der Waals surface area (Å²) < 4.78 is 2.06. The summed E-state index contributed by atoms with van der Waals surface area (Å²) in [6.07, 6.45) is 2.38. The van der Waals surface area contributed by atoms with Crippen molar-refractivity contribution in [2.24, 2.45) is 5.73 Å². The van der Waals surface area contributed by atoms with Gasteiger partial charge in [0.25, 0.3) is 0 Å². The van der Waals surface area contributed by atoms with E-state index in [0.29, 0.717) is 13.0 Å². The molecule has 0 saturated carbocycles. The Morgan fingerprint density at radius 1 is 1.31 bits per heavy atom. The summed E-state index contributed by atoms with van der Waals surface area (Å²) in [6, 6.07) is 10.3. The van der Waals surface area contributed by atoms with E-state index in [0.717, 1.165) is 0 Å². The molecule has 0 aliphatic rings. The Morgan fingerprint density at radius 2 is 2.06 bits per heavy atom. The molecule has 2 rings (SSSR count). The van der Waals surface area contributed by atoms with E-state index >= 15 is 0 Å². The molecule has 1 aromatic carbocycles. The van der Waals surface area contributed by atoms with Crippen LogP contribution in [-0.2, 0) is 11.3 Å². The van der Waals surface area contributed by atoms with Gasteiger partial charge in [0.1, 0.15) is 0 Å². The van der Waals surface area contributed by atoms with Crippen molar-refractivity contribution < 1.29 is 9.36 Å². The second-order valence-electron chi connectivity index (χ2n) is 3.90. The van der Waals surface area contributed by atoms with Gasteiger partial charge in [-0.05, 0) is 11.5 Å². The fourth-order valence-corrected chi connectivity index (χ4v) is 1.88. The summed E-state index contributed by atoms with van der Waals surface area (Å²) in [5, 5.41) is 2.43. The minimum Gasteiger partial charge on any atom is -0.369 e. The molecule has 0 radical (unpaired) electrons. The van der Waals surface area contributed by atoms with E-state index in [2.05, 4.69) is 29.7 Å². The quantitative estimate of drug-likeness (QED) is 0.771. The van der Waals surface area contributed by atoms with Crippen molar-refractivity contribution in [1.29, 1.82) is 0 Å². The smallest absolute Gasteiger partial charge is 0.223 e. The van der Waals surface area contributed by atoms with Crippen LogP contribution in [0.3, 0.4) is 0 Å². The summed E-state index contributed by atoms with van der Waals surface area (Å²) in [5.74, 6) is -0.264. The van der Waals surface area contributed by atoms with Crippen molar-refractivity contribution in [2.45, 2.75) is 19.9 Å². The van der Waals surface area contributed by atoms with Gasteiger partial charge in [0.15, 0.2) is 18.4 Å². The Kier molecular flexibility index (Phi) is 2.86. The molecule has 0 fully saturated rings. The third-order valence-electron chi connectivity index (χ3n) is 2.81.